The zero-order valence-electron chi connectivity index (χ0n) is 10.8. The van der Waals surface area contributed by atoms with Gasteiger partial charge in [0.2, 0.25) is 0 Å². The molecule has 0 unspecified atom stereocenters. The molecule has 3 heteroatoms. The first-order valence-corrected chi connectivity index (χ1v) is 6.02. The van der Waals surface area contributed by atoms with Gasteiger partial charge in [0.25, 0.3) is 0 Å². The molecule has 0 amide bonds. The van der Waals surface area contributed by atoms with Crippen LogP contribution in [0.25, 0.3) is 11.3 Å². The predicted octanol–water partition coefficient (Wildman–Crippen LogP) is 3.81. The molecule has 3 nitrogen and oxygen atoms in total. The zero-order valence-corrected chi connectivity index (χ0v) is 10.8. The van der Waals surface area contributed by atoms with E-state index in [-0.39, 0.29) is 5.69 Å². The Morgan fingerprint density at radius 1 is 1.22 bits per heavy atom. The van der Waals surface area contributed by atoms with Crippen molar-refractivity contribution in [1.82, 2.24) is 4.98 Å². The van der Waals surface area contributed by atoms with Crippen molar-refractivity contribution in [2.24, 2.45) is 0 Å². The molecule has 18 heavy (non-hydrogen) atoms. The van der Waals surface area contributed by atoms with Crippen LogP contribution in [0.3, 0.4) is 0 Å². The van der Waals surface area contributed by atoms with Gasteiger partial charge in [-0.2, -0.15) is 0 Å². The smallest absolute Gasteiger partial charge is 0.352 e. The summed E-state index contributed by atoms with van der Waals surface area (Å²) in [5, 5.41) is 8.93. The Kier molecular flexibility index (Phi) is 3.24. The van der Waals surface area contributed by atoms with Crippen molar-refractivity contribution >= 4 is 5.97 Å². The first kappa shape index (κ1) is 12.4. The van der Waals surface area contributed by atoms with E-state index in [2.05, 4.69) is 37.0 Å². The Morgan fingerprint density at radius 3 is 2.50 bits per heavy atom. The molecule has 0 bridgehead atoms. The second-order valence-electron chi connectivity index (χ2n) is 4.82. The highest BCUT2D eigenvalue weighted by Crippen LogP contribution is 2.27. The van der Waals surface area contributed by atoms with Crippen molar-refractivity contribution in [2.45, 2.75) is 26.7 Å². The molecule has 2 rings (SSSR count). The van der Waals surface area contributed by atoms with Crippen LogP contribution in [0.4, 0.5) is 0 Å². The van der Waals surface area contributed by atoms with Gasteiger partial charge in [-0.1, -0.05) is 26.0 Å². The van der Waals surface area contributed by atoms with E-state index in [0.717, 1.165) is 16.8 Å². The maximum atomic E-state index is 10.9. The topological polar surface area (TPSA) is 53.1 Å². The molecule has 0 aliphatic rings. The fourth-order valence-corrected chi connectivity index (χ4v) is 1.97. The Labute approximate surface area is 106 Å². The summed E-state index contributed by atoms with van der Waals surface area (Å²) in [6, 6.07) is 9.73. The maximum absolute atomic E-state index is 10.9. The van der Waals surface area contributed by atoms with Gasteiger partial charge in [-0.3, -0.25) is 0 Å². The normalized spacial score (nSPS) is 10.9. The lowest BCUT2D eigenvalue weighted by molar-refractivity contribution is 0.0691. The lowest BCUT2D eigenvalue weighted by atomic mass is 9.96. The van der Waals surface area contributed by atoms with E-state index in [1.165, 1.54) is 5.56 Å². The molecule has 0 saturated heterocycles. The summed E-state index contributed by atoms with van der Waals surface area (Å²) in [7, 11) is 0. The number of benzene rings is 1. The molecule has 94 valence electrons. The maximum Gasteiger partial charge on any atom is 0.352 e. The summed E-state index contributed by atoms with van der Waals surface area (Å²) in [6.45, 7) is 6.32. The summed E-state index contributed by atoms with van der Waals surface area (Å²) in [5.41, 5.74) is 4.53. The average Bonchev–Trinajstić information content (AvgIpc) is 2.78. The van der Waals surface area contributed by atoms with Crippen LogP contribution in [-0.4, -0.2) is 16.1 Å². The molecule has 2 aromatic rings. The summed E-state index contributed by atoms with van der Waals surface area (Å²) in [4.78, 5) is 13.8. The van der Waals surface area contributed by atoms with Gasteiger partial charge >= 0.3 is 5.97 Å². The Hall–Kier alpha value is -2.03. The first-order chi connectivity index (χ1) is 8.49. The van der Waals surface area contributed by atoms with Crippen molar-refractivity contribution in [3.05, 3.63) is 47.2 Å². The fraction of sp³-hybridized carbons (Fsp3) is 0.267. The third-order valence-corrected chi connectivity index (χ3v) is 3.13. The third kappa shape index (κ3) is 2.30. The number of nitrogens with one attached hydrogen (secondary N) is 1. The largest absolute Gasteiger partial charge is 0.477 e. The number of aromatic amines is 1. The summed E-state index contributed by atoms with van der Waals surface area (Å²) in [6.07, 6.45) is 0. The standard InChI is InChI=1S/C15H17NO2/c1-9(2)11-5-4-10(3)12(8-11)13-6-7-14(16-13)15(17)18/h4-9,16H,1-3H3,(H,17,18). The van der Waals surface area contributed by atoms with Crippen LogP contribution in [0.15, 0.2) is 30.3 Å². The number of hydrogen-bond donors (Lipinski definition) is 2. The number of aromatic carboxylic acids is 1. The van der Waals surface area contributed by atoms with Crippen LogP contribution in [0.5, 0.6) is 0 Å². The van der Waals surface area contributed by atoms with Gasteiger partial charge in [0.15, 0.2) is 0 Å². The van der Waals surface area contributed by atoms with Gasteiger partial charge < -0.3 is 10.1 Å². The van der Waals surface area contributed by atoms with Crippen molar-refractivity contribution in [3.8, 4) is 11.3 Å². The molecule has 1 aromatic heterocycles. The quantitative estimate of drug-likeness (QED) is 0.861. The van der Waals surface area contributed by atoms with Gasteiger partial charge in [0.1, 0.15) is 5.69 Å². The predicted molar refractivity (Wildman–Crippen MR) is 72.0 cm³/mol. The van der Waals surface area contributed by atoms with Gasteiger partial charge in [-0.05, 0) is 42.2 Å². The molecule has 0 atom stereocenters. The van der Waals surface area contributed by atoms with Crippen LogP contribution in [0.1, 0.15) is 41.4 Å². The van der Waals surface area contributed by atoms with Crippen molar-refractivity contribution in [1.29, 1.82) is 0 Å². The van der Waals surface area contributed by atoms with Crippen molar-refractivity contribution in [3.63, 3.8) is 0 Å². The Morgan fingerprint density at radius 2 is 1.94 bits per heavy atom. The highest BCUT2D eigenvalue weighted by molar-refractivity contribution is 5.87. The van der Waals surface area contributed by atoms with Crippen LogP contribution < -0.4 is 0 Å². The highest BCUT2D eigenvalue weighted by atomic mass is 16.4. The van der Waals surface area contributed by atoms with E-state index in [1.54, 1.807) is 6.07 Å². The van der Waals surface area contributed by atoms with Crippen LogP contribution in [-0.2, 0) is 0 Å². The van der Waals surface area contributed by atoms with Gasteiger partial charge in [0.05, 0.1) is 0 Å². The molecule has 1 aromatic carbocycles. The Bertz CT molecular complexity index is 582. The van der Waals surface area contributed by atoms with Crippen molar-refractivity contribution < 1.29 is 9.90 Å². The SMILES string of the molecule is Cc1ccc(C(C)C)cc1-c1ccc(C(=O)O)[nH]1. The lowest BCUT2D eigenvalue weighted by Gasteiger charge is -2.10. The first-order valence-electron chi connectivity index (χ1n) is 6.02. The number of carboxylic acids is 1. The van der Waals surface area contributed by atoms with Crippen LogP contribution in [0.2, 0.25) is 0 Å². The van der Waals surface area contributed by atoms with E-state index in [1.807, 2.05) is 13.0 Å². The number of carboxylic acid groups (broad SMARTS) is 1. The molecular formula is C15H17NO2. The Balaban J connectivity index is 2.48. The molecule has 2 N–H and O–H groups in total. The van der Waals surface area contributed by atoms with Gasteiger partial charge in [-0.15, -0.1) is 0 Å². The summed E-state index contributed by atoms with van der Waals surface area (Å²) in [5.74, 6) is -0.475. The van der Waals surface area contributed by atoms with E-state index >= 15 is 0 Å². The average molecular weight is 243 g/mol. The van der Waals surface area contributed by atoms with E-state index < -0.39 is 5.97 Å². The number of carbonyl (C=O) groups is 1. The zero-order chi connectivity index (χ0) is 13.3. The van der Waals surface area contributed by atoms with E-state index in [9.17, 15) is 4.79 Å². The van der Waals surface area contributed by atoms with Crippen LogP contribution >= 0.6 is 0 Å². The second-order valence-corrected chi connectivity index (χ2v) is 4.82. The molecule has 0 radical (unpaired) electrons. The fourth-order valence-electron chi connectivity index (χ4n) is 1.97. The van der Waals surface area contributed by atoms with Crippen LogP contribution in [0, 0.1) is 6.92 Å². The monoisotopic (exact) mass is 243 g/mol. The number of hydrogen-bond acceptors (Lipinski definition) is 1. The number of aromatic nitrogens is 1. The minimum Gasteiger partial charge on any atom is -0.477 e. The number of rotatable bonds is 3. The third-order valence-electron chi connectivity index (χ3n) is 3.13. The van der Waals surface area contributed by atoms with E-state index in [4.69, 9.17) is 5.11 Å². The molecule has 0 fully saturated rings. The molecule has 0 saturated carbocycles. The van der Waals surface area contributed by atoms with Gasteiger partial charge in [0, 0.05) is 11.3 Å². The molecule has 1 heterocycles. The minimum atomic E-state index is -0.932. The van der Waals surface area contributed by atoms with Crippen molar-refractivity contribution in [2.75, 3.05) is 0 Å². The summed E-state index contributed by atoms with van der Waals surface area (Å²) >= 11 is 0. The summed E-state index contributed by atoms with van der Waals surface area (Å²) < 4.78 is 0. The second kappa shape index (κ2) is 4.69. The molecule has 0 aliphatic carbocycles. The number of aryl methyl sites for hydroxylation is 1. The molecule has 0 aliphatic heterocycles. The van der Waals surface area contributed by atoms with E-state index in [0.29, 0.717) is 5.92 Å². The molecule has 0 spiro atoms. The number of H-pyrrole nitrogens is 1. The lowest BCUT2D eigenvalue weighted by Crippen LogP contribution is -1.96. The van der Waals surface area contributed by atoms with Gasteiger partial charge in [-0.25, -0.2) is 4.79 Å². The molecular weight excluding hydrogens is 226 g/mol. The minimum absolute atomic E-state index is 0.222. The highest BCUT2D eigenvalue weighted by Gasteiger charge is 2.10.